The number of benzene rings is 23. The van der Waals surface area contributed by atoms with E-state index in [9.17, 15) is 0 Å². The van der Waals surface area contributed by atoms with Gasteiger partial charge in [0.15, 0.2) is 0 Å². The second kappa shape index (κ2) is 30.7. The summed E-state index contributed by atoms with van der Waals surface area (Å²) in [6.07, 6.45) is 0. The molecule has 0 spiro atoms. The predicted octanol–water partition coefficient (Wildman–Crippen LogP) is 36.9. The van der Waals surface area contributed by atoms with Crippen LogP contribution in [-0.2, 0) is 0 Å². The van der Waals surface area contributed by atoms with Gasteiger partial charge in [0.1, 0.15) is 22.3 Å². The number of thiophene rings is 2. The zero-order valence-electron chi connectivity index (χ0n) is 70.4. The van der Waals surface area contributed by atoms with Crippen LogP contribution in [0, 0.1) is 0 Å². The summed E-state index contributed by atoms with van der Waals surface area (Å²) in [5.41, 5.74) is 24.4. The molecule has 606 valence electrons. The zero-order valence-corrected chi connectivity index (χ0v) is 72.0. The van der Waals surface area contributed by atoms with Gasteiger partial charge >= 0.3 is 0 Å². The fourth-order valence-electron chi connectivity index (χ4n) is 20.3. The highest BCUT2D eigenvalue weighted by Crippen LogP contribution is 2.51. The van der Waals surface area contributed by atoms with Gasteiger partial charge in [-0.2, -0.15) is 0 Å². The SMILES string of the molecule is c1ccc(-c2ccc(N(c3ccc(-c4cccc5c4oc4ccc6ccccc6c45)cc3)c3ccc(-c4cc5ccccc5c5c4sc4ccccc45)cc3)cc2)cc1.c1ccc(-c2ccc3cc(N(c4ccc5cc(-c6cccc7c6oc6ccc8ccccc8c67)ccc5c4)c4ccc5cc(-c6cc7ccccc7c7c6sc6ccccc67)ccc5c4)ccc3c2)cc1. The molecule has 4 aromatic heterocycles. The van der Waals surface area contributed by atoms with E-state index in [1.165, 1.54) is 171 Å². The summed E-state index contributed by atoms with van der Waals surface area (Å²) in [7, 11) is 0. The fourth-order valence-corrected chi connectivity index (χ4v) is 22.8. The van der Waals surface area contributed by atoms with Crippen molar-refractivity contribution in [3.8, 4) is 66.8 Å². The number of anilines is 6. The molecule has 0 aliphatic rings. The lowest BCUT2D eigenvalue weighted by atomic mass is 9.95. The quantitative estimate of drug-likeness (QED) is 0.122. The van der Waals surface area contributed by atoms with Crippen molar-refractivity contribution in [2.24, 2.45) is 0 Å². The molecule has 27 rings (SSSR count). The highest BCUT2D eigenvalue weighted by molar-refractivity contribution is 7.27. The van der Waals surface area contributed by atoms with Crippen LogP contribution in [0.1, 0.15) is 0 Å². The van der Waals surface area contributed by atoms with Gasteiger partial charge in [-0.3, -0.25) is 0 Å². The van der Waals surface area contributed by atoms with E-state index in [0.717, 1.165) is 89.5 Å². The van der Waals surface area contributed by atoms with Gasteiger partial charge in [-0.05, 0) is 247 Å². The smallest absolute Gasteiger partial charge is 0.143 e. The summed E-state index contributed by atoms with van der Waals surface area (Å²) in [6, 6.07) is 168. The van der Waals surface area contributed by atoms with Crippen LogP contribution >= 0.6 is 22.7 Å². The summed E-state index contributed by atoms with van der Waals surface area (Å²) in [6.45, 7) is 0. The average molecular weight is 1690 g/mol. The molecule has 4 nitrogen and oxygen atoms in total. The van der Waals surface area contributed by atoms with Crippen LogP contribution in [0.5, 0.6) is 0 Å². The lowest BCUT2D eigenvalue weighted by Gasteiger charge is -2.27. The Morgan fingerprint density at radius 2 is 0.454 bits per heavy atom. The number of hydrogen-bond donors (Lipinski definition) is 0. The molecule has 0 saturated heterocycles. The van der Waals surface area contributed by atoms with Crippen molar-refractivity contribution in [2.45, 2.75) is 0 Å². The Kier molecular flexibility index (Phi) is 17.7. The lowest BCUT2D eigenvalue weighted by Crippen LogP contribution is -2.10. The van der Waals surface area contributed by atoms with E-state index < -0.39 is 0 Å². The van der Waals surface area contributed by atoms with Crippen LogP contribution in [0.3, 0.4) is 0 Å². The zero-order chi connectivity index (χ0) is 85.4. The minimum atomic E-state index is 0.910. The molecule has 27 aromatic rings. The van der Waals surface area contributed by atoms with E-state index in [1.54, 1.807) is 0 Å². The second-order valence-electron chi connectivity index (χ2n) is 34.1. The molecule has 23 aromatic carbocycles. The molecule has 0 atom stereocenters. The van der Waals surface area contributed by atoms with Crippen LogP contribution < -0.4 is 9.80 Å². The van der Waals surface area contributed by atoms with Crippen molar-refractivity contribution in [1.29, 1.82) is 0 Å². The molecule has 0 N–H and O–H groups in total. The first kappa shape index (κ1) is 74.9. The first-order valence-electron chi connectivity index (χ1n) is 44.4. The molecule has 6 heteroatoms. The van der Waals surface area contributed by atoms with Crippen molar-refractivity contribution >= 4 is 216 Å². The number of nitrogens with zero attached hydrogens (tertiary/aromatic N) is 2. The van der Waals surface area contributed by atoms with Crippen molar-refractivity contribution < 1.29 is 8.83 Å². The molecule has 0 saturated carbocycles. The third-order valence-corrected chi connectivity index (χ3v) is 29.0. The number of rotatable bonds is 12. The second-order valence-corrected chi connectivity index (χ2v) is 36.2. The summed E-state index contributed by atoms with van der Waals surface area (Å²) >= 11 is 3.78. The van der Waals surface area contributed by atoms with Gasteiger partial charge < -0.3 is 18.6 Å². The van der Waals surface area contributed by atoms with Gasteiger partial charge in [0.25, 0.3) is 0 Å². The maximum Gasteiger partial charge on any atom is 0.143 e. The third-order valence-electron chi connectivity index (χ3n) is 26.6. The average Bonchev–Trinajstić information content (AvgIpc) is 1.58. The molecule has 0 amide bonds. The maximum absolute atomic E-state index is 6.66. The number of furan rings is 2. The lowest BCUT2D eigenvalue weighted by molar-refractivity contribution is 0.670. The van der Waals surface area contributed by atoms with Crippen LogP contribution in [0.2, 0.25) is 0 Å². The van der Waals surface area contributed by atoms with Gasteiger partial charge in [-0.1, -0.05) is 334 Å². The Morgan fingerprint density at radius 3 is 0.915 bits per heavy atom. The van der Waals surface area contributed by atoms with Crippen molar-refractivity contribution in [3.05, 3.63) is 461 Å². The Morgan fingerprint density at radius 1 is 0.162 bits per heavy atom. The number of para-hydroxylation sites is 2. The minimum Gasteiger partial charge on any atom is -0.455 e. The van der Waals surface area contributed by atoms with Gasteiger partial charge in [0.2, 0.25) is 0 Å². The summed E-state index contributed by atoms with van der Waals surface area (Å²) < 4.78 is 18.6. The summed E-state index contributed by atoms with van der Waals surface area (Å²) in [5.74, 6) is 0. The largest absolute Gasteiger partial charge is 0.455 e. The van der Waals surface area contributed by atoms with E-state index >= 15 is 0 Å². The molecule has 130 heavy (non-hydrogen) atoms. The van der Waals surface area contributed by atoms with E-state index in [1.807, 2.05) is 22.7 Å². The van der Waals surface area contributed by atoms with Crippen molar-refractivity contribution in [1.82, 2.24) is 0 Å². The highest BCUT2D eigenvalue weighted by Gasteiger charge is 2.24. The predicted molar refractivity (Wildman–Crippen MR) is 558 cm³/mol. The molecule has 4 heterocycles. The number of fused-ring (bicyclic) bond motifs is 23. The standard InChI is InChI=1S/C68H41NOS.C56H35NOS/c1-2-11-42(12-3-1)44-21-22-48-38-54(31-27-45(48)35-44)69(55-32-28-46-36-52(25-23-49(46)39-55)59-18-10-19-61-65-57-15-6-4-13-43(57)30-34-63(65)70-67(59)61)56-33-29-47-37-53(26-24-50(47)40-56)62-41-51-14-5-7-16-58(51)66-60-17-8-9-20-64(60)71-68(62)66;1-2-11-36(12-3-1)37-21-28-42(29-22-37)57(43-30-23-39(24-31-43)47-18-10-19-49-53-45-15-6-4-13-38(45)27-34-51(53)58-55(47)49)44-32-25-40(26-33-44)50-35-41-14-5-7-16-46(41)54-48-17-8-9-20-52(48)59-56(50)54/h1-41H;1-35H. The van der Waals surface area contributed by atoms with Crippen LogP contribution in [0.4, 0.5) is 34.1 Å². The Labute approximate surface area is 757 Å². The molecule has 0 radical (unpaired) electrons. The van der Waals surface area contributed by atoms with Gasteiger partial charge in [-0.15, -0.1) is 22.7 Å². The molecular weight excluding hydrogens is 1610 g/mol. The highest BCUT2D eigenvalue weighted by atomic mass is 32.1. The fraction of sp³-hybridized carbons (Fsp3) is 0. The van der Waals surface area contributed by atoms with Crippen LogP contribution in [0.15, 0.2) is 470 Å². The van der Waals surface area contributed by atoms with E-state index in [-0.39, 0.29) is 0 Å². The van der Waals surface area contributed by atoms with E-state index in [4.69, 9.17) is 8.83 Å². The molecule has 0 unspecified atom stereocenters. The number of hydrogen-bond acceptors (Lipinski definition) is 6. The van der Waals surface area contributed by atoms with E-state index in [0.29, 0.717) is 0 Å². The Hall–Kier alpha value is -16.5. The molecule has 0 aliphatic carbocycles. The van der Waals surface area contributed by atoms with Gasteiger partial charge in [0.05, 0.1) is 0 Å². The van der Waals surface area contributed by atoms with Crippen molar-refractivity contribution in [3.63, 3.8) is 0 Å². The molecule has 0 bridgehead atoms. The minimum absolute atomic E-state index is 0.910. The first-order chi connectivity index (χ1) is 64.4. The monoisotopic (exact) mass is 1690 g/mol. The van der Waals surface area contributed by atoms with Gasteiger partial charge in [0, 0.05) is 118 Å². The summed E-state index contributed by atoms with van der Waals surface area (Å²) in [5, 5.41) is 27.1. The van der Waals surface area contributed by atoms with E-state index in [2.05, 4.69) is 471 Å². The van der Waals surface area contributed by atoms with Crippen LogP contribution in [0.25, 0.3) is 226 Å². The van der Waals surface area contributed by atoms with Crippen LogP contribution in [-0.4, -0.2) is 0 Å². The maximum atomic E-state index is 6.66. The third kappa shape index (κ3) is 12.7. The van der Waals surface area contributed by atoms with Crippen molar-refractivity contribution in [2.75, 3.05) is 9.80 Å². The molecular formula is C124H76N2O2S2. The topological polar surface area (TPSA) is 32.8 Å². The normalized spacial score (nSPS) is 11.8. The molecule has 0 fully saturated rings. The Balaban J connectivity index is 0.000000139. The summed E-state index contributed by atoms with van der Waals surface area (Å²) in [4.78, 5) is 4.76. The molecule has 0 aliphatic heterocycles. The first-order valence-corrected chi connectivity index (χ1v) is 46.0. The van der Waals surface area contributed by atoms with Gasteiger partial charge in [-0.25, -0.2) is 0 Å². The Bertz CT molecular complexity index is 9250.